The van der Waals surface area contributed by atoms with E-state index in [-0.39, 0.29) is 6.10 Å². The van der Waals surface area contributed by atoms with Crippen LogP contribution in [0.5, 0.6) is 0 Å². The van der Waals surface area contributed by atoms with Gasteiger partial charge in [0.15, 0.2) is 0 Å². The number of hydrogen-bond donors (Lipinski definition) is 1. The van der Waals surface area contributed by atoms with E-state index in [0.29, 0.717) is 6.61 Å². The van der Waals surface area contributed by atoms with Crippen LogP contribution < -0.4 is 0 Å². The average Bonchev–Trinajstić information content (AvgIpc) is 2.54. The molecule has 21 heavy (non-hydrogen) atoms. The molecule has 0 aliphatic heterocycles. The maximum Gasteiger partial charge on any atom is 0.113 e. The molecular formula is C18H22O3. The maximum absolute atomic E-state index is 10.7. The minimum Gasteiger partial charge on any atom is -0.385 e. The summed E-state index contributed by atoms with van der Waals surface area (Å²) in [5, 5.41) is 10.7. The summed E-state index contributed by atoms with van der Waals surface area (Å²) in [6.45, 7) is 2.43. The minimum absolute atomic E-state index is 0.0985. The first kappa shape index (κ1) is 15.7. The summed E-state index contributed by atoms with van der Waals surface area (Å²) in [6, 6.07) is 19.4. The molecule has 2 aromatic carbocycles. The molecule has 0 saturated heterocycles. The summed E-state index contributed by atoms with van der Waals surface area (Å²) in [7, 11) is 1.64. The van der Waals surface area contributed by atoms with Crippen LogP contribution in [0, 0.1) is 0 Å². The highest BCUT2D eigenvalue weighted by atomic mass is 16.5. The van der Waals surface area contributed by atoms with Gasteiger partial charge in [-0.15, -0.1) is 0 Å². The van der Waals surface area contributed by atoms with Crippen LogP contribution in [-0.4, -0.2) is 24.9 Å². The molecule has 3 nitrogen and oxygen atoms in total. The van der Waals surface area contributed by atoms with Gasteiger partial charge < -0.3 is 14.6 Å². The Balaban J connectivity index is 2.23. The molecule has 0 aromatic heterocycles. The van der Waals surface area contributed by atoms with Crippen molar-refractivity contribution in [3.63, 3.8) is 0 Å². The summed E-state index contributed by atoms with van der Waals surface area (Å²) >= 11 is 0. The van der Waals surface area contributed by atoms with Gasteiger partial charge in [-0.25, -0.2) is 0 Å². The summed E-state index contributed by atoms with van der Waals surface area (Å²) in [5.74, 6) is 0. The highest BCUT2D eigenvalue weighted by Crippen LogP contribution is 2.32. The van der Waals surface area contributed by atoms with E-state index >= 15 is 0 Å². The quantitative estimate of drug-likeness (QED) is 0.846. The summed E-state index contributed by atoms with van der Waals surface area (Å²) in [4.78, 5) is 0. The average molecular weight is 286 g/mol. The Morgan fingerprint density at radius 1 is 0.905 bits per heavy atom. The number of methoxy groups -OCH3 is 1. The van der Waals surface area contributed by atoms with Crippen LogP contribution in [0.4, 0.5) is 0 Å². The second-order valence-electron chi connectivity index (χ2n) is 5.09. The van der Waals surface area contributed by atoms with Crippen molar-refractivity contribution in [2.45, 2.75) is 25.2 Å². The molecule has 0 spiro atoms. The van der Waals surface area contributed by atoms with Gasteiger partial charge in [0.2, 0.25) is 0 Å². The van der Waals surface area contributed by atoms with Gasteiger partial charge in [-0.05, 0) is 18.1 Å². The van der Waals surface area contributed by atoms with Crippen LogP contribution >= 0.6 is 0 Å². The number of ether oxygens (including phenoxy) is 2. The number of benzene rings is 2. The summed E-state index contributed by atoms with van der Waals surface area (Å²) in [5.41, 5.74) is 1.80. The van der Waals surface area contributed by atoms with Crippen molar-refractivity contribution in [1.82, 2.24) is 0 Å². The van der Waals surface area contributed by atoms with Crippen LogP contribution in [0.25, 0.3) is 0 Å². The van der Waals surface area contributed by atoms with Gasteiger partial charge in [0.25, 0.3) is 0 Å². The van der Waals surface area contributed by atoms with Gasteiger partial charge in [-0.3, -0.25) is 0 Å². The largest absolute Gasteiger partial charge is 0.385 e. The maximum atomic E-state index is 10.7. The zero-order valence-corrected chi connectivity index (χ0v) is 12.5. The highest BCUT2D eigenvalue weighted by molar-refractivity contribution is 5.25. The van der Waals surface area contributed by atoms with Gasteiger partial charge in [0.05, 0.1) is 12.7 Å². The van der Waals surface area contributed by atoms with E-state index in [2.05, 4.69) is 0 Å². The Hall–Kier alpha value is -1.68. The minimum atomic E-state index is -0.715. The molecule has 0 fully saturated rings. The molecule has 2 rings (SSSR count). The fourth-order valence-electron chi connectivity index (χ4n) is 2.33. The molecule has 1 N–H and O–H groups in total. The van der Waals surface area contributed by atoms with Crippen molar-refractivity contribution < 1.29 is 14.6 Å². The smallest absolute Gasteiger partial charge is 0.113 e. The van der Waals surface area contributed by atoms with E-state index in [4.69, 9.17) is 9.47 Å². The first-order chi connectivity index (χ1) is 10.2. The number of aliphatic hydroxyl groups excluding tert-OH is 1. The van der Waals surface area contributed by atoms with Crippen molar-refractivity contribution in [2.75, 3.05) is 13.7 Å². The topological polar surface area (TPSA) is 38.7 Å². The van der Waals surface area contributed by atoms with Gasteiger partial charge in [0, 0.05) is 7.11 Å². The number of hydrogen-bond acceptors (Lipinski definition) is 3. The van der Waals surface area contributed by atoms with Crippen molar-refractivity contribution in [2.24, 2.45) is 0 Å². The van der Waals surface area contributed by atoms with Gasteiger partial charge in [-0.1, -0.05) is 60.7 Å². The molecule has 0 aliphatic rings. The van der Waals surface area contributed by atoms with E-state index in [1.54, 1.807) is 7.11 Å². The van der Waals surface area contributed by atoms with Crippen molar-refractivity contribution in [3.8, 4) is 0 Å². The monoisotopic (exact) mass is 286 g/mol. The lowest BCUT2D eigenvalue weighted by molar-refractivity contribution is -0.0937. The molecule has 0 saturated carbocycles. The molecule has 0 amide bonds. The molecule has 2 aromatic rings. The Bertz CT molecular complexity index is 513. The van der Waals surface area contributed by atoms with Crippen molar-refractivity contribution in [3.05, 3.63) is 71.8 Å². The fraction of sp³-hybridized carbons (Fsp3) is 0.333. The molecular weight excluding hydrogens is 264 g/mol. The van der Waals surface area contributed by atoms with E-state index in [1.807, 2.05) is 67.6 Å². The van der Waals surface area contributed by atoms with Crippen LogP contribution in [-0.2, 0) is 9.47 Å². The highest BCUT2D eigenvalue weighted by Gasteiger charge is 2.25. The molecule has 3 heteroatoms. The third-order valence-corrected chi connectivity index (χ3v) is 3.34. The SMILES string of the molecule is COCC(C)OC(c1ccccc1)C(O)c1ccccc1. The molecule has 112 valence electrons. The van der Waals surface area contributed by atoms with Gasteiger partial charge in [0.1, 0.15) is 12.2 Å². The fourth-order valence-corrected chi connectivity index (χ4v) is 2.33. The van der Waals surface area contributed by atoms with E-state index in [1.165, 1.54) is 0 Å². The van der Waals surface area contributed by atoms with Crippen LogP contribution in [0.2, 0.25) is 0 Å². The van der Waals surface area contributed by atoms with Crippen molar-refractivity contribution >= 4 is 0 Å². The molecule has 3 atom stereocenters. The Morgan fingerprint density at radius 3 is 1.95 bits per heavy atom. The first-order valence-corrected chi connectivity index (χ1v) is 7.14. The molecule has 0 aliphatic carbocycles. The zero-order valence-electron chi connectivity index (χ0n) is 12.5. The molecule has 0 radical (unpaired) electrons. The zero-order chi connectivity index (χ0) is 15.1. The lowest BCUT2D eigenvalue weighted by Gasteiger charge is -2.27. The molecule has 0 heterocycles. The Morgan fingerprint density at radius 2 is 1.43 bits per heavy atom. The van der Waals surface area contributed by atoms with Crippen LogP contribution in [0.3, 0.4) is 0 Å². The van der Waals surface area contributed by atoms with Gasteiger partial charge >= 0.3 is 0 Å². The van der Waals surface area contributed by atoms with Crippen molar-refractivity contribution in [1.29, 1.82) is 0 Å². The van der Waals surface area contributed by atoms with E-state index in [9.17, 15) is 5.11 Å². The van der Waals surface area contributed by atoms with E-state index < -0.39 is 12.2 Å². The Labute approximate surface area is 126 Å². The predicted molar refractivity (Wildman–Crippen MR) is 83.0 cm³/mol. The lowest BCUT2D eigenvalue weighted by atomic mass is 9.98. The third-order valence-electron chi connectivity index (χ3n) is 3.34. The summed E-state index contributed by atoms with van der Waals surface area (Å²) in [6.07, 6.45) is -1.23. The second-order valence-corrected chi connectivity index (χ2v) is 5.09. The lowest BCUT2D eigenvalue weighted by Crippen LogP contribution is -2.23. The normalized spacial score (nSPS) is 15.4. The summed E-state index contributed by atoms with van der Waals surface area (Å²) < 4.78 is 11.1. The van der Waals surface area contributed by atoms with Crippen LogP contribution in [0.1, 0.15) is 30.3 Å². The van der Waals surface area contributed by atoms with Gasteiger partial charge in [-0.2, -0.15) is 0 Å². The molecule has 3 unspecified atom stereocenters. The standard InChI is InChI=1S/C18H22O3/c1-14(13-20-2)21-18(16-11-7-4-8-12-16)17(19)15-9-5-3-6-10-15/h3-12,14,17-19H,13H2,1-2H3. The number of aliphatic hydroxyl groups is 1. The van der Waals surface area contributed by atoms with Crippen LogP contribution in [0.15, 0.2) is 60.7 Å². The third kappa shape index (κ3) is 4.39. The number of rotatable bonds is 7. The molecule has 0 bridgehead atoms. The second kappa shape index (κ2) is 7.93. The predicted octanol–water partition coefficient (Wildman–Crippen LogP) is 3.51. The Kier molecular flexibility index (Phi) is 5.93. The first-order valence-electron chi connectivity index (χ1n) is 7.14. The van der Waals surface area contributed by atoms with E-state index in [0.717, 1.165) is 11.1 Å².